The van der Waals surface area contributed by atoms with Crippen LogP contribution in [0.5, 0.6) is 0 Å². The van der Waals surface area contributed by atoms with Crippen LogP contribution in [0.25, 0.3) is 0 Å². The zero-order valence-corrected chi connectivity index (χ0v) is 9.87. The molecule has 1 fully saturated rings. The van der Waals surface area contributed by atoms with Gasteiger partial charge in [0.2, 0.25) is 0 Å². The summed E-state index contributed by atoms with van der Waals surface area (Å²) in [5, 5.41) is 17.3. The van der Waals surface area contributed by atoms with Crippen LogP contribution in [0.15, 0.2) is 4.47 Å². The number of aliphatic hydroxyl groups is 1. The number of β-amino-alcohol motifs (C(OH)–C–C–N with tert-alkyl or cyclic N) is 1. The molecule has 0 saturated carbocycles. The maximum Gasteiger partial charge on any atom is 0.0918 e. The van der Waals surface area contributed by atoms with E-state index >= 15 is 0 Å². The molecule has 2 atom stereocenters. The summed E-state index contributed by atoms with van der Waals surface area (Å²) < 4.78 is 2.95. The van der Waals surface area contributed by atoms with Gasteiger partial charge in [0.1, 0.15) is 0 Å². The Kier molecular flexibility index (Phi) is 2.64. The predicted molar refractivity (Wildman–Crippen MR) is 57.3 cm³/mol. The molecule has 1 saturated heterocycles. The summed E-state index contributed by atoms with van der Waals surface area (Å²) in [6.45, 7) is 5.41. The highest BCUT2D eigenvalue weighted by Gasteiger charge is 2.29. The van der Waals surface area contributed by atoms with Gasteiger partial charge in [0.15, 0.2) is 0 Å². The molecular formula is C9H14BrN3O. The van der Waals surface area contributed by atoms with E-state index in [9.17, 15) is 5.11 Å². The standard InChI is InChI=1S/C9H14BrN3O/c1-5-9(10)6(2)13(12-5)7-3-11-4-8(7)14/h7-8,11,14H,3-4H2,1-2H3/t7-,8-/m1/s1. The average Bonchev–Trinajstić information content (AvgIpc) is 2.66. The molecule has 0 spiro atoms. The molecule has 0 aliphatic carbocycles. The van der Waals surface area contributed by atoms with Crippen molar-refractivity contribution in [3.63, 3.8) is 0 Å². The summed E-state index contributed by atoms with van der Waals surface area (Å²) in [6, 6.07) is 0.0694. The molecule has 1 aromatic rings. The van der Waals surface area contributed by atoms with Crippen molar-refractivity contribution in [1.82, 2.24) is 15.1 Å². The minimum absolute atomic E-state index is 0.0694. The first-order chi connectivity index (χ1) is 6.61. The molecule has 78 valence electrons. The van der Waals surface area contributed by atoms with Crippen LogP contribution in [0.3, 0.4) is 0 Å². The fourth-order valence-electron chi connectivity index (χ4n) is 1.87. The van der Waals surface area contributed by atoms with Crippen LogP contribution in [-0.2, 0) is 0 Å². The minimum Gasteiger partial charge on any atom is -0.390 e. The van der Waals surface area contributed by atoms with Gasteiger partial charge in [0.05, 0.1) is 28.0 Å². The Labute approximate surface area is 91.4 Å². The number of aromatic nitrogens is 2. The highest BCUT2D eigenvalue weighted by atomic mass is 79.9. The third-order valence-electron chi connectivity index (χ3n) is 2.70. The van der Waals surface area contributed by atoms with Crippen molar-refractivity contribution >= 4 is 15.9 Å². The molecule has 0 radical (unpaired) electrons. The number of nitrogens with zero attached hydrogens (tertiary/aromatic N) is 2. The van der Waals surface area contributed by atoms with E-state index in [2.05, 4.69) is 26.3 Å². The van der Waals surface area contributed by atoms with Gasteiger partial charge in [-0.05, 0) is 29.8 Å². The van der Waals surface area contributed by atoms with Crippen LogP contribution in [-0.4, -0.2) is 34.1 Å². The predicted octanol–water partition coefficient (Wildman–Crippen LogP) is 0.768. The summed E-state index contributed by atoms with van der Waals surface area (Å²) in [5.74, 6) is 0. The maximum atomic E-state index is 9.73. The first-order valence-corrected chi connectivity index (χ1v) is 5.50. The van der Waals surface area contributed by atoms with Crippen molar-refractivity contribution in [2.75, 3.05) is 13.1 Å². The Hall–Kier alpha value is -0.390. The van der Waals surface area contributed by atoms with Gasteiger partial charge < -0.3 is 10.4 Å². The quantitative estimate of drug-likeness (QED) is 0.784. The van der Waals surface area contributed by atoms with Gasteiger partial charge in [0, 0.05) is 13.1 Å². The lowest BCUT2D eigenvalue weighted by molar-refractivity contribution is 0.143. The Morgan fingerprint density at radius 1 is 1.50 bits per heavy atom. The molecule has 0 bridgehead atoms. The zero-order chi connectivity index (χ0) is 10.3. The number of rotatable bonds is 1. The molecule has 5 heteroatoms. The van der Waals surface area contributed by atoms with E-state index < -0.39 is 0 Å². The van der Waals surface area contributed by atoms with Crippen molar-refractivity contribution in [1.29, 1.82) is 0 Å². The smallest absolute Gasteiger partial charge is 0.0918 e. The fourth-order valence-corrected chi connectivity index (χ4v) is 2.13. The average molecular weight is 260 g/mol. The van der Waals surface area contributed by atoms with E-state index in [0.717, 1.165) is 22.4 Å². The van der Waals surface area contributed by atoms with Gasteiger partial charge in [-0.25, -0.2) is 0 Å². The summed E-state index contributed by atoms with van der Waals surface area (Å²) in [6.07, 6.45) is -0.333. The second-order valence-electron chi connectivity index (χ2n) is 3.72. The molecule has 1 aliphatic heterocycles. The van der Waals surface area contributed by atoms with E-state index in [-0.39, 0.29) is 12.1 Å². The van der Waals surface area contributed by atoms with Crippen molar-refractivity contribution in [2.45, 2.75) is 26.0 Å². The van der Waals surface area contributed by atoms with E-state index in [4.69, 9.17) is 0 Å². The summed E-state index contributed by atoms with van der Waals surface area (Å²) >= 11 is 3.48. The van der Waals surface area contributed by atoms with Crippen LogP contribution < -0.4 is 5.32 Å². The highest BCUT2D eigenvalue weighted by molar-refractivity contribution is 9.10. The Bertz CT molecular complexity index is 350. The molecule has 2 heterocycles. The number of hydrogen-bond acceptors (Lipinski definition) is 3. The number of aryl methyl sites for hydroxylation is 1. The molecule has 2 rings (SSSR count). The molecule has 0 amide bonds. The molecule has 14 heavy (non-hydrogen) atoms. The number of aliphatic hydroxyl groups excluding tert-OH is 1. The van der Waals surface area contributed by atoms with Gasteiger partial charge in [-0.2, -0.15) is 5.10 Å². The van der Waals surface area contributed by atoms with Crippen LogP contribution in [0.4, 0.5) is 0 Å². The number of halogens is 1. The van der Waals surface area contributed by atoms with E-state index in [1.54, 1.807) is 0 Å². The minimum atomic E-state index is -0.333. The Morgan fingerprint density at radius 3 is 2.64 bits per heavy atom. The molecule has 2 N–H and O–H groups in total. The molecule has 0 unspecified atom stereocenters. The maximum absolute atomic E-state index is 9.73. The lowest BCUT2D eigenvalue weighted by Gasteiger charge is -2.15. The summed E-state index contributed by atoms with van der Waals surface area (Å²) in [7, 11) is 0. The van der Waals surface area contributed by atoms with Gasteiger partial charge >= 0.3 is 0 Å². The normalized spacial score (nSPS) is 27.1. The van der Waals surface area contributed by atoms with Crippen LogP contribution in [0.2, 0.25) is 0 Å². The number of hydrogen-bond donors (Lipinski definition) is 2. The third-order valence-corrected chi connectivity index (χ3v) is 3.85. The lowest BCUT2D eigenvalue weighted by Crippen LogP contribution is -2.24. The largest absolute Gasteiger partial charge is 0.390 e. The van der Waals surface area contributed by atoms with Crippen molar-refractivity contribution in [2.24, 2.45) is 0 Å². The third kappa shape index (κ3) is 1.49. The molecule has 1 aliphatic rings. The zero-order valence-electron chi connectivity index (χ0n) is 8.29. The topological polar surface area (TPSA) is 50.1 Å². The van der Waals surface area contributed by atoms with Gasteiger partial charge in [-0.15, -0.1) is 0 Å². The molecule has 4 nitrogen and oxygen atoms in total. The molecular weight excluding hydrogens is 246 g/mol. The lowest BCUT2D eigenvalue weighted by atomic mass is 10.2. The Morgan fingerprint density at radius 2 is 2.21 bits per heavy atom. The fraction of sp³-hybridized carbons (Fsp3) is 0.667. The number of nitrogens with one attached hydrogen (secondary N) is 1. The van der Waals surface area contributed by atoms with Crippen molar-refractivity contribution < 1.29 is 5.11 Å². The molecule has 1 aromatic heterocycles. The van der Waals surface area contributed by atoms with Gasteiger partial charge in [-0.3, -0.25) is 4.68 Å². The first-order valence-electron chi connectivity index (χ1n) is 4.71. The van der Waals surface area contributed by atoms with Crippen LogP contribution in [0, 0.1) is 13.8 Å². The van der Waals surface area contributed by atoms with Crippen molar-refractivity contribution in [3.05, 3.63) is 15.9 Å². The highest BCUT2D eigenvalue weighted by Crippen LogP contribution is 2.25. The van der Waals surface area contributed by atoms with E-state index in [1.165, 1.54) is 0 Å². The first kappa shape index (κ1) is 10.1. The van der Waals surface area contributed by atoms with Crippen LogP contribution in [0.1, 0.15) is 17.4 Å². The van der Waals surface area contributed by atoms with Gasteiger partial charge in [-0.1, -0.05) is 0 Å². The van der Waals surface area contributed by atoms with E-state index in [1.807, 2.05) is 18.5 Å². The van der Waals surface area contributed by atoms with Crippen molar-refractivity contribution in [3.8, 4) is 0 Å². The monoisotopic (exact) mass is 259 g/mol. The Balaban J connectivity index is 2.36. The van der Waals surface area contributed by atoms with Gasteiger partial charge in [0.25, 0.3) is 0 Å². The second kappa shape index (κ2) is 3.64. The van der Waals surface area contributed by atoms with E-state index in [0.29, 0.717) is 6.54 Å². The summed E-state index contributed by atoms with van der Waals surface area (Å²) in [4.78, 5) is 0. The SMILES string of the molecule is Cc1nn([C@@H]2CNC[C@H]2O)c(C)c1Br. The van der Waals surface area contributed by atoms with Crippen LogP contribution >= 0.6 is 15.9 Å². The molecule has 0 aromatic carbocycles. The summed E-state index contributed by atoms with van der Waals surface area (Å²) in [5.41, 5.74) is 2.05. The second-order valence-corrected chi connectivity index (χ2v) is 4.52.